The highest BCUT2D eigenvalue weighted by atomic mass is 79.9. The molecule has 2 aromatic carbocycles. The standard InChI is InChI=1S/C13H9BrN4O/c14-9-4-1-3-8(7-9)13(19)15-10-5-2-6-11-12(10)17-18-16-11/h1-7H,(H,15,19)(H,16,17,18). The molecule has 0 saturated heterocycles. The Bertz CT molecular complexity index is 753. The lowest BCUT2D eigenvalue weighted by Gasteiger charge is -2.05. The summed E-state index contributed by atoms with van der Waals surface area (Å²) in [5, 5.41) is 13.4. The van der Waals surface area contributed by atoms with Gasteiger partial charge in [-0.2, -0.15) is 15.4 Å². The Balaban J connectivity index is 1.93. The van der Waals surface area contributed by atoms with E-state index < -0.39 is 0 Å². The van der Waals surface area contributed by atoms with E-state index in [0.717, 1.165) is 4.47 Å². The Morgan fingerprint density at radius 2 is 2.00 bits per heavy atom. The lowest BCUT2D eigenvalue weighted by Crippen LogP contribution is -2.12. The second-order valence-electron chi connectivity index (χ2n) is 3.96. The van der Waals surface area contributed by atoms with Crippen molar-refractivity contribution < 1.29 is 4.79 Å². The monoisotopic (exact) mass is 316 g/mol. The van der Waals surface area contributed by atoms with Gasteiger partial charge in [0.25, 0.3) is 5.91 Å². The Kier molecular flexibility index (Phi) is 3.00. The second-order valence-corrected chi connectivity index (χ2v) is 4.88. The van der Waals surface area contributed by atoms with Crippen molar-refractivity contribution in [3.63, 3.8) is 0 Å². The Hall–Kier alpha value is -2.21. The number of nitrogens with zero attached hydrogens (tertiary/aromatic N) is 2. The average Bonchev–Trinajstić information content (AvgIpc) is 2.88. The van der Waals surface area contributed by atoms with Crippen molar-refractivity contribution in [3.05, 3.63) is 52.5 Å². The number of rotatable bonds is 2. The summed E-state index contributed by atoms with van der Waals surface area (Å²) in [5.41, 5.74) is 2.57. The average molecular weight is 317 g/mol. The topological polar surface area (TPSA) is 70.7 Å². The van der Waals surface area contributed by atoms with E-state index in [1.54, 1.807) is 18.2 Å². The van der Waals surface area contributed by atoms with Crippen LogP contribution in [0.3, 0.4) is 0 Å². The molecule has 6 heteroatoms. The summed E-state index contributed by atoms with van der Waals surface area (Å²) < 4.78 is 0.861. The van der Waals surface area contributed by atoms with Crippen LogP contribution in [0.25, 0.3) is 11.0 Å². The molecule has 0 aliphatic carbocycles. The summed E-state index contributed by atoms with van der Waals surface area (Å²) in [7, 11) is 0. The normalized spacial score (nSPS) is 10.6. The van der Waals surface area contributed by atoms with Crippen molar-refractivity contribution in [2.24, 2.45) is 0 Å². The fourth-order valence-corrected chi connectivity index (χ4v) is 2.19. The van der Waals surface area contributed by atoms with Crippen LogP contribution in [0.15, 0.2) is 46.9 Å². The van der Waals surface area contributed by atoms with Crippen molar-refractivity contribution in [2.75, 3.05) is 5.32 Å². The molecule has 1 heterocycles. The van der Waals surface area contributed by atoms with Gasteiger partial charge in [-0.15, -0.1) is 0 Å². The molecule has 0 saturated carbocycles. The van der Waals surface area contributed by atoms with Crippen LogP contribution < -0.4 is 5.32 Å². The number of benzene rings is 2. The lowest BCUT2D eigenvalue weighted by atomic mass is 10.2. The number of anilines is 1. The number of aromatic amines is 1. The third-order valence-corrected chi connectivity index (χ3v) is 3.18. The molecule has 5 nitrogen and oxygen atoms in total. The number of fused-ring (bicyclic) bond motifs is 1. The maximum absolute atomic E-state index is 12.1. The molecule has 2 N–H and O–H groups in total. The van der Waals surface area contributed by atoms with Crippen LogP contribution in [0.2, 0.25) is 0 Å². The quantitative estimate of drug-likeness (QED) is 0.763. The Labute approximate surface area is 117 Å². The van der Waals surface area contributed by atoms with E-state index in [1.807, 2.05) is 24.3 Å². The number of carbonyl (C=O) groups is 1. The van der Waals surface area contributed by atoms with E-state index >= 15 is 0 Å². The molecular weight excluding hydrogens is 308 g/mol. The Morgan fingerprint density at radius 1 is 1.16 bits per heavy atom. The minimum absolute atomic E-state index is 0.184. The number of aromatic nitrogens is 3. The van der Waals surface area contributed by atoms with Gasteiger partial charge in [-0.25, -0.2) is 0 Å². The SMILES string of the molecule is O=C(Nc1cccc2n[nH]nc12)c1cccc(Br)c1. The van der Waals surface area contributed by atoms with E-state index in [9.17, 15) is 4.79 Å². The minimum Gasteiger partial charge on any atom is -0.320 e. The van der Waals surface area contributed by atoms with Crippen LogP contribution in [0.5, 0.6) is 0 Å². The first kappa shape index (κ1) is 11.9. The fourth-order valence-electron chi connectivity index (χ4n) is 1.79. The first-order valence-corrected chi connectivity index (χ1v) is 6.40. The summed E-state index contributed by atoms with van der Waals surface area (Å²) in [6, 6.07) is 12.6. The number of halogens is 1. The summed E-state index contributed by atoms with van der Waals surface area (Å²) in [5.74, 6) is -0.184. The van der Waals surface area contributed by atoms with Crippen LogP contribution in [0, 0.1) is 0 Å². The fraction of sp³-hybridized carbons (Fsp3) is 0. The summed E-state index contributed by atoms with van der Waals surface area (Å²) in [4.78, 5) is 12.1. The molecule has 0 unspecified atom stereocenters. The molecule has 19 heavy (non-hydrogen) atoms. The molecule has 3 rings (SSSR count). The van der Waals surface area contributed by atoms with E-state index in [-0.39, 0.29) is 5.91 Å². The van der Waals surface area contributed by atoms with Gasteiger partial charge in [0.15, 0.2) is 0 Å². The predicted molar refractivity (Wildman–Crippen MR) is 76.0 cm³/mol. The maximum atomic E-state index is 12.1. The molecule has 1 amide bonds. The number of para-hydroxylation sites is 1. The number of hydrogen-bond donors (Lipinski definition) is 2. The van der Waals surface area contributed by atoms with Crippen LogP contribution >= 0.6 is 15.9 Å². The van der Waals surface area contributed by atoms with Crippen molar-refractivity contribution in [3.8, 4) is 0 Å². The molecule has 0 atom stereocenters. The van der Waals surface area contributed by atoms with Gasteiger partial charge in [0, 0.05) is 10.0 Å². The van der Waals surface area contributed by atoms with E-state index in [1.165, 1.54) is 0 Å². The van der Waals surface area contributed by atoms with Crippen molar-refractivity contribution in [1.82, 2.24) is 15.4 Å². The maximum Gasteiger partial charge on any atom is 0.255 e. The van der Waals surface area contributed by atoms with Gasteiger partial charge in [-0.3, -0.25) is 4.79 Å². The number of nitrogens with one attached hydrogen (secondary N) is 2. The van der Waals surface area contributed by atoms with Crippen molar-refractivity contribution in [2.45, 2.75) is 0 Å². The van der Waals surface area contributed by atoms with Crippen LogP contribution in [0.1, 0.15) is 10.4 Å². The highest BCUT2D eigenvalue weighted by Crippen LogP contribution is 2.20. The highest BCUT2D eigenvalue weighted by molar-refractivity contribution is 9.10. The van der Waals surface area contributed by atoms with Gasteiger partial charge in [0.2, 0.25) is 0 Å². The Morgan fingerprint density at radius 3 is 2.84 bits per heavy atom. The zero-order chi connectivity index (χ0) is 13.2. The third-order valence-electron chi connectivity index (χ3n) is 2.68. The largest absolute Gasteiger partial charge is 0.320 e. The van der Waals surface area contributed by atoms with Crippen molar-refractivity contribution in [1.29, 1.82) is 0 Å². The number of amides is 1. The third kappa shape index (κ3) is 2.34. The van der Waals surface area contributed by atoms with Gasteiger partial charge in [-0.05, 0) is 30.3 Å². The molecule has 0 radical (unpaired) electrons. The van der Waals surface area contributed by atoms with E-state index in [4.69, 9.17) is 0 Å². The molecule has 0 spiro atoms. The van der Waals surface area contributed by atoms with Crippen LogP contribution in [-0.4, -0.2) is 21.3 Å². The number of H-pyrrole nitrogens is 1. The van der Waals surface area contributed by atoms with Gasteiger partial charge < -0.3 is 5.32 Å². The molecule has 0 aliphatic rings. The number of carbonyl (C=O) groups excluding carboxylic acids is 1. The second kappa shape index (κ2) is 4.81. The van der Waals surface area contributed by atoms with Crippen molar-refractivity contribution >= 4 is 38.6 Å². The van der Waals surface area contributed by atoms with Crippen LogP contribution in [0.4, 0.5) is 5.69 Å². The minimum atomic E-state index is -0.184. The molecule has 0 aliphatic heterocycles. The van der Waals surface area contributed by atoms with E-state index in [0.29, 0.717) is 22.3 Å². The molecule has 1 aromatic heterocycles. The predicted octanol–water partition coefficient (Wildman–Crippen LogP) is 2.97. The first-order valence-electron chi connectivity index (χ1n) is 5.60. The molecule has 0 bridgehead atoms. The van der Waals surface area contributed by atoms with Gasteiger partial charge in [0.05, 0.1) is 5.69 Å². The zero-order valence-electron chi connectivity index (χ0n) is 9.72. The molecular formula is C13H9BrN4O. The van der Waals surface area contributed by atoms with Crippen LogP contribution in [-0.2, 0) is 0 Å². The molecule has 3 aromatic rings. The zero-order valence-corrected chi connectivity index (χ0v) is 11.3. The molecule has 0 fully saturated rings. The molecule has 94 valence electrons. The van der Waals surface area contributed by atoms with Gasteiger partial charge in [-0.1, -0.05) is 28.1 Å². The lowest BCUT2D eigenvalue weighted by molar-refractivity contribution is 0.102. The smallest absolute Gasteiger partial charge is 0.255 e. The first-order chi connectivity index (χ1) is 9.24. The van der Waals surface area contributed by atoms with E-state index in [2.05, 4.69) is 36.7 Å². The summed E-state index contributed by atoms with van der Waals surface area (Å²) in [6.45, 7) is 0. The summed E-state index contributed by atoms with van der Waals surface area (Å²) >= 11 is 3.34. The highest BCUT2D eigenvalue weighted by Gasteiger charge is 2.10. The summed E-state index contributed by atoms with van der Waals surface area (Å²) in [6.07, 6.45) is 0. The number of hydrogen-bond acceptors (Lipinski definition) is 3. The van der Waals surface area contributed by atoms with Gasteiger partial charge in [0.1, 0.15) is 11.0 Å². The van der Waals surface area contributed by atoms with Gasteiger partial charge >= 0.3 is 0 Å².